The first-order valence-corrected chi connectivity index (χ1v) is 27.5. The molecule has 0 spiro atoms. The largest absolute Gasteiger partial charge is 2.00 e. The fourth-order valence-electron chi connectivity index (χ4n) is 17.3. The number of amides is 1. The van der Waals surface area contributed by atoms with Crippen molar-refractivity contribution in [2.45, 2.75) is 189 Å². The van der Waals surface area contributed by atoms with Gasteiger partial charge in [0.15, 0.2) is 5.78 Å². The third kappa shape index (κ3) is 12.9. The van der Waals surface area contributed by atoms with Crippen molar-refractivity contribution >= 4 is 34.7 Å². The Hall–Kier alpha value is -1.47. The number of Topliss-reactive ketones (excluding diaryl/α,β-unsaturated/α-hetero) is 1. The Balaban J connectivity index is 0.000000208. The van der Waals surface area contributed by atoms with Gasteiger partial charge in [0.2, 0.25) is 5.91 Å². The molecule has 0 aromatic heterocycles. The topological polar surface area (TPSA) is 96.3 Å². The van der Waals surface area contributed by atoms with Crippen LogP contribution in [0, 0.1) is 113 Å². The maximum atomic E-state index is 14.1. The number of carbonyl (C=O) groups is 2. The van der Waals surface area contributed by atoms with Crippen molar-refractivity contribution in [3.8, 4) is 0 Å². The van der Waals surface area contributed by atoms with Gasteiger partial charge in [0.25, 0.3) is 0 Å². The van der Waals surface area contributed by atoms with Gasteiger partial charge in [0.1, 0.15) is 5.82 Å². The molecule has 16 atom stereocenters. The number of rotatable bonds is 4. The molecule has 72 heavy (non-hydrogen) atoms. The molecule has 0 unspecified atom stereocenters. The maximum Gasteiger partial charge on any atom is 2.00 e. The molecule has 1 aliphatic heterocycles. The molecule has 11 rings (SSSR count). The summed E-state index contributed by atoms with van der Waals surface area (Å²) >= 11 is 0. The molecule has 8 saturated carbocycles. The molecule has 1 heterocycles. The summed E-state index contributed by atoms with van der Waals surface area (Å²) in [7, 11) is 3.34. The van der Waals surface area contributed by atoms with Crippen LogP contribution in [-0.4, -0.2) is 88.6 Å². The second-order valence-electron chi connectivity index (χ2n) is 25.0. The van der Waals surface area contributed by atoms with Crippen molar-refractivity contribution in [1.29, 1.82) is 0 Å². The second-order valence-corrected chi connectivity index (χ2v) is 25.0. The Kier molecular flexibility index (Phi) is 21.6. The number of hydrogen-bond donors (Lipinski definition) is 2. The second kappa shape index (κ2) is 25.3. The van der Waals surface area contributed by atoms with Crippen LogP contribution in [0.25, 0.3) is 0 Å². The number of aryl methyl sites for hydroxylation is 2. The summed E-state index contributed by atoms with van der Waals surface area (Å²) in [5, 5.41) is 22.5. The summed E-state index contributed by atoms with van der Waals surface area (Å²) < 4.78 is 31.4. The third-order valence-electron chi connectivity index (χ3n) is 21.0. The minimum absolute atomic E-state index is 0. The number of hydroxylamine groups is 2. The number of carbonyl (C=O) groups excluding carboxylic acids is 2. The molecular weight excluding hydrogens is 985 g/mol. The van der Waals surface area contributed by atoms with Gasteiger partial charge in [0.05, 0.1) is 18.3 Å². The van der Waals surface area contributed by atoms with E-state index in [9.17, 15) is 28.6 Å². The molecule has 400 valence electrons. The van der Waals surface area contributed by atoms with Crippen LogP contribution >= 0.6 is 0 Å². The fourth-order valence-corrected chi connectivity index (χ4v) is 17.3. The van der Waals surface area contributed by atoms with Gasteiger partial charge in [-0.25, -0.2) is 9.45 Å². The van der Waals surface area contributed by atoms with Crippen LogP contribution in [0.15, 0.2) is 36.4 Å². The van der Waals surface area contributed by atoms with Crippen LogP contribution in [0.3, 0.4) is 0 Å². The Morgan fingerprint density at radius 3 is 1.60 bits per heavy atom. The van der Waals surface area contributed by atoms with Crippen LogP contribution < -0.4 is 17.0 Å². The van der Waals surface area contributed by atoms with Gasteiger partial charge in [0, 0.05) is 43.5 Å². The summed E-state index contributed by atoms with van der Waals surface area (Å²) in [6.45, 7) is 14.3. The Bertz CT molecular complexity index is 2070. The van der Waals surface area contributed by atoms with Gasteiger partial charge in [-0.3, -0.25) is 18.8 Å². The zero-order valence-electron chi connectivity index (χ0n) is 44.8. The van der Waals surface area contributed by atoms with Gasteiger partial charge in [-0.1, -0.05) is 40.3 Å². The number of ether oxygens (including phenoxy) is 1. The van der Waals surface area contributed by atoms with Crippen molar-refractivity contribution in [3.05, 3.63) is 70.8 Å². The summed E-state index contributed by atoms with van der Waals surface area (Å²) in [6, 6.07) is 12.4. The molecule has 2 N–H and O–H groups in total. The van der Waals surface area contributed by atoms with Crippen LogP contribution in [-0.2, 0) is 14.4 Å². The van der Waals surface area contributed by atoms with E-state index >= 15 is 0 Å². The van der Waals surface area contributed by atoms with Crippen molar-refractivity contribution in [1.82, 2.24) is 5.06 Å². The monoisotopic (exact) mass is 1080 g/mol. The van der Waals surface area contributed by atoms with Crippen molar-refractivity contribution in [3.63, 3.8) is 0 Å². The predicted octanol–water partition coefficient (Wildman–Crippen LogP) is 10.4. The fraction of sp³-hybridized carbons (Fsp3) is 0.770. The molecule has 8 aliphatic carbocycles. The SMILES string of the molecule is C.C1CCOC1.CON(C)C(=O)[C@H]1CC[C@H]2[C@@H]3CC[C@@H]4C[C@](C)(O)CC[C@@H]4[C@H]3CC[C@]12C.Cc1cc[c-]cc1F.Cc1ccc(C(=O)[C@H]2CC[C@H]3[C@@H]4CC[C@@H]5C[C@](C)(O)CC[C@@H]5[C@H]4CC[C@]23C)cc1F.[Br-].[Mg+2]. The average molecular weight is 1080 g/mol. The average Bonchev–Trinajstić information content (AvgIpc) is 4.10. The molecule has 9 aliphatic rings. The first-order chi connectivity index (χ1) is 32.8. The molecule has 9 fully saturated rings. The Morgan fingerprint density at radius 2 is 1.15 bits per heavy atom. The summed E-state index contributed by atoms with van der Waals surface area (Å²) in [5.41, 5.74) is 1.14. The number of aliphatic hydroxyl groups is 2. The smallest absolute Gasteiger partial charge is 1.00 e. The number of hydrogen-bond acceptors (Lipinski definition) is 6. The van der Waals surface area contributed by atoms with Gasteiger partial charge >= 0.3 is 23.1 Å². The van der Waals surface area contributed by atoms with Crippen LogP contribution in [0.4, 0.5) is 8.78 Å². The van der Waals surface area contributed by atoms with E-state index in [0.29, 0.717) is 34.4 Å². The van der Waals surface area contributed by atoms with E-state index in [1.54, 1.807) is 46.2 Å². The molecule has 2 aromatic rings. The summed E-state index contributed by atoms with van der Waals surface area (Å²) in [6.07, 6.45) is 23.1. The third-order valence-corrected chi connectivity index (χ3v) is 21.0. The minimum Gasteiger partial charge on any atom is -1.00 e. The van der Waals surface area contributed by atoms with E-state index in [4.69, 9.17) is 9.57 Å². The zero-order chi connectivity index (χ0) is 49.5. The van der Waals surface area contributed by atoms with Gasteiger partial charge in [-0.15, -0.1) is 11.6 Å². The normalized spacial score (nSPS) is 39.8. The Labute approximate surface area is 460 Å². The van der Waals surface area contributed by atoms with Gasteiger partial charge in [-0.05, 0) is 231 Å². The maximum absolute atomic E-state index is 14.1. The molecule has 11 heteroatoms. The van der Waals surface area contributed by atoms with Crippen molar-refractivity contribution in [2.75, 3.05) is 27.4 Å². The molecule has 0 radical (unpaired) electrons. The minimum atomic E-state index is -0.467. The van der Waals surface area contributed by atoms with E-state index in [2.05, 4.69) is 19.9 Å². The van der Waals surface area contributed by atoms with E-state index < -0.39 is 11.2 Å². The van der Waals surface area contributed by atoms with E-state index in [-0.39, 0.29) is 93.5 Å². The molecule has 1 amide bonds. The predicted molar refractivity (Wildman–Crippen MR) is 280 cm³/mol. The quantitative estimate of drug-likeness (QED) is 0.137. The zero-order valence-corrected chi connectivity index (χ0v) is 47.8. The molecule has 1 saturated heterocycles. The van der Waals surface area contributed by atoms with Gasteiger partial charge < -0.3 is 31.9 Å². The standard InChI is InChI=1S/C27H37FO2.C22H37NO3.C7H6F.C4H8O.CH4.BrH.Mg/c1-16-4-5-17(14-24(16)28)25(29)23-9-8-22-21-7-6-18-15-26(2,30)12-10-19(18)20(21)11-13-27(22,23)3;1-21(25)11-9-15-14(13-21)5-6-17-16(15)10-12-22(2)18(17)7-8-19(22)20(24)23(3)26-4;1-6-4-2-3-5-7(6)8;1-2-4-5-3-1;;;/h4-5,14,18-23,30H,6-13,15H2,1-3H3;14-19,25H,5-13H2,1-4H3;2,4-5H,1H3;1-4H2;1H4;1H;/q;;-1;;;;+2/p-1/t18-,19+,20-,21-,22+,23-,26-,27+;14-,15+,16-,17-,18+,19-,21-,22+;;;;;/m11...../s1. The molecule has 2 aromatic carbocycles. The molecule has 7 nitrogen and oxygen atoms in total. The number of fused-ring (bicyclic) bond motifs is 10. The molecular formula is C61H92BrF2MgNO6. The summed E-state index contributed by atoms with van der Waals surface area (Å²) in [5.74, 6) is 7.53. The number of benzene rings is 2. The molecule has 0 bridgehead atoms. The van der Waals surface area contributed by atoms with Crippen LogP contribution in [0.2, 0.25) is 0 Å². The van der Waals surface area contributed by atoms with Crippen LogP contribution in [0.1, 0.15) is 185 Å². The van der Waals surface area contributed by atoms with Crippen molar-refractivity contribution in [2.24, 2.45) is 81.8 Å². The van der Waals surface area contributed by atoms with E-state index in [1.165, 1.54) is 94.2 Å². The van der Waals surface area contributed by atoms with E-state index in [0.717, 1.165) is 106 Å². The number of ketones is 1. The van der Waals surface area contributed by atoms with Crippen LogP contribution in [0.5, 0.6) is 0 Å². The van der Waals surface area contributed by atoms with E-state index in [1.807, 2.05) is 19.9 Å². The summed E-state index contributed by atoms with van der Waals surface area (Å²) in [4.78, 5) is 31.5. The first-order valence-electron chi connectivity index (χ1n) is 27.5. The number of nitrogens with zero attached hydrogens (tertiary/aromatic N) is 1. The Morgan fingerprint density at radius 1 is 0.667 bits per heavy atom. The number of halogens is 3. The first kappa shape index (κ1) is 61.4. The van der Waals surface area contributed by atoms with Gasteiger partial charge in [-0.2, -0.15) is 18.2 Å². The van der Waals surface area contributed by atoms with Crippen molar-refractivity contribution < 1.29 is 55.1 Å².